The summed E-state index contributed by atoms with van der Waals surface area (Å²) in [6.07, 6.45) is 3.47. The Bertz CT molecular complexity index is 740. The molecule has 108 valence electrons. The van der Waals surface area contributed by atoms with Gasteiger partial charge in [-0.1, -0.05) is 6.07 Å². The fraction of sp³-hybridized carbons (Fsp3) is 0.214. The van der Waals surface area contributed by atoms with E-state index in [1.165, 1.54) is 0 Å². The van der Waals surface area contributed by atoms with Gasteiger partial charge in [-0.3, -0.25) is 9.25 Å². The van der Waals surface area contributed by atoms with Gasteiger partial charge in [0.25, 0.3) is 0 Å². The van der Waals surface area contributed by atoms with Crippen LogP contribution in [0.5, 0.6) is 11.5 Å². The smallest absolute Gasteiger partial charge is 0.189 e. The van der Waals surface area contributed by atoms with Crippen molar-refractivity contribution in [3.05, 3.63) is 36.8 Å². The third-order valence-electron chi connectivity index (χ3n) is 3.13. The predicted molar refractivity (Wildman–Crippen MR) is 76.7 cm³/mol. The van der Waals surface area contributed by atoms with Crippen molar-refractivity contribution in [2.24, 2.45) is 7.05 Å². The highest BCUT2D eigenvalue weighted by molar-refractivity contribution is 5.62. The van der Waals surface area contributed by atoms with E-state index in [0.29, 0.717) is 17.3 Å². The molecule has 0 fully saturated rings. The minimum Gasteiger partial charge on any atom is -0.494 e. The molecular formula is C14H15N5O2. The summed E-state index contributed by atoms with van der Waals surface area (Å²) in [5, 5.41) is 12.5. The molecule has 21 heavy (non-hydrogen) atoms. The van der Waals surface area contributed by atoms with E-state index in [1.54, 1.807) is 29.8 Å². The highest BCUT2D eigenvalue weighted by atomic mass is 16.5. The van der Waals surface area contributed by atoms with Crippen LogP contribution in [0.15, 0.2) is 36.8 Å². The summed E-state index contributed by atoms with van der Waals surface area (Å²) in [4.78, 5) is 0. The molecule has 0 bridgehead atoms. The average molecular weight is 285 g/mol. The Kier molecular flexibility index (Phi) is 3.31. The fourth-order valence-corrected chi connectivity index (χ4v) is 2.18. The van der Waals surface area contributed by atoms with Crippen LogP contribution in [0.1, 0.15) is 0 Å². The molecule has 0 aliphatic carbocycles. The Morgan fingerprint density at radius 2 is 1.76 bits per heavy atom. The number of para-hydroxylation sites is 1. The molecule has 0 N–H and O–H groups in total. The lowest BCUT2D eigenvalue weighted by atomic mass is 10.2. The zero-order chi connectivity index (χ0) is 14.8. The monoisotopic (exact) mass is 285 g/mol. The van der Waals surface area contributed by atoms with E-state index in [9.17, 15) is 0 Å². The van der Waals surface area contributed by atoms with Crippen molar-refractivity contribution in [3.63, 3.8) is 0 Å². The molecule has 2 aromatic heterocycles. The Hall–Kier alpha value is -2.83. The van der Waals surface area contributed by atoms with Crippen molar-refractivity contribution in [2.45, 2.75) is 0 Å². The van der Waals surface area contributed by atoms with Gasteiger partial charge in [-0.05, 0) is 18.2 Å². The fourth-order valence-electron chi connectivity index (χ4n) is 2.18. The zero-order valence-corrected chi connectivity index (χ0v) is 12.0. The van der Waals surface area contributed by atoms with Gasteiger partial charge < -0.3 is 9.47 Å². The minimum absolute atomic E-state index is 0.624. The van der Waals surface area contributed by atoms with Crippen LogP contribution >= 0.6 is 0 Å². The Morgan fingerprint density at radius 3 is 2.33 bits per heavy atom. The lowest BCUT2D eigenvalue weighted by Gasteiger charge is -2.14. The second-order valence-electron chi connectivity index (χ2n) is 4.41. The van der Waals surface area contributed by atoms with Crippen molar-refractivity contribution in [2.75, 3.05) is 14.2 Å². The van der Waals surface area contributed by atoms with Crippen LogP contribution in [0.3, 0.4) is 0 Å². The molecule has 0 spiro atoms. The number of rotatable bonds is 4. The molecule has 0 amide bonds. The molecule has 1 aromatic carbocycles. The Morgan fingerprint density at radius 1 is 1.05 bits per heavy atom. The topological polar surface area (TPSA) is 67.0 Å². The third-order valence-corrected chi connectivity index (χ3v) is 3.13. The van der Waals surface area contributed by atoms with Crippen molar-refractivity contribution < 1.29 is 9.47 Å². The summed E-state index contributed by atoms with van der Waals surface area (Å²) >= 11 is 0. The SMILES string of the molecule is COc1cccc(OC)c1-n1cnnc1-c1ccn(C)n1. The number of benzene rings is 1. The summed E-state index contributed by atoms with van der Waals surface area (Å²) in [5.74, 6) is 1.97. The van der Waals surface area contributed by atoms with Crippen LogP contribution in [0.2, 0.25) is 0 Å². The van der Waals surface area contributed by atoms with Crippen LogP contribution in [-0.2, 0) is 7.05 Å². The van der Waals surface area contributed by atoms with Crippen molar-refractivity contribution in [1.29, 1.82) is 0 Å². The predicted octanol–water partition coefficient (Wildman–Crippen LogP) is 1.68. The van der Waals surface area contributed by atoms with Gasteiger partial charge in [0, 0.05) is 13.2 Å². The molecule has 0 atom stereocenters. The van der Waals surface area contributed by atoms with E-state index < -0.39 is 0 Å². The van der Waals surface area contributed by atoms with Crippen LogP contribution in [0.25, 0.3) is 17.2 Å². The Labute approximate surface area is 121 Å². The van der Waals surface area contributed by atoms with Gasteiger partial charge in [-0.15, -0.1) is 10.2 Å². The number of nitrogens with zero attached hydrogens (tertiary/aromatic N) is 5. The quantitative estimate of drug-likeness (QED) is 0.729. The molecular weight excluding hydrogens is 270 g/mol. The van der Waals surface area contributed by atoms with Crippen molar-refractivity contribution >= 4 is 0 Å². The number of methoxy groups -OCH3 is 2. The number of ether oxygens (including phenoxy) is 2. The van der Waals surface area contributed by atoms with Crippen molar-refractivity contribution in [1.82, 2.24) is 24.5 Å². The first-order valence-corrected chi connectivity index (χ1v) is 6.36. The van der Waals surface area contributed by atoms with Gasteiger partial charge in [0.2, 0.25) is 0 Å². The summed E-state index contributed by atoms with van der Waals surface area (Å²) in [7, 11) is 5.08. The molecule has 2 heterocycles. The summed E-state index contributed by atoms with van der Waals surface area (Å²) < 4.78 is 14.4. The normalized spacial score (nSPS) is 10.6. The second kappa shape index (κ2) is 5.28. The second-order valence-corrected chi connectivity index (χ2v) is 4.41. The van der Waals surface area contributed by atoms with Gasteiger partial charge in [0.15, 0.2) is 5.82 Å². The number of aryl methyl sites for hydroxylation is 1. The maximum atomic E-state index is 5.43. The number of aromatic nitrogens is 5. The number of hydrogen-bond acceptors (Lipinski definition) is 5. The number of hydrogen-bond donors (Lipinski definition) is 0. The summed E-state index contributed by atoms with van der Waals surface area (Å²) in [5.41, 5.74) is 1.47. The molecule has 7 heteroatoms. The van der Waals surface area contributed by atoms with Crippen LogP contribution < -0.4 is 9.47 Å². The molecule has 0 saturated carbocycles. The maximum Gasteiger partial charge on any atom is 0.189 e. The zero-order valence-electron chi connectivity index (χ0n) is 12.0. The first-order chi connectivity index (χ1) is 10.2. The third kappa shape index (κ3) is 2.22. The Balaban J connectivity index is 2.21. The average Bonchev–Trinajstić information content (AvgIpc) is 3.14. The van der Waals surface area contributed by atoms with E-state index in [4.69, 9.17) is 9.47 Å². The van der Waals surface area contributed by atoms with Gasteiger partial charge in [0.1, 0.15) is 29.2 Å². The standard InChI is InChI=1S/C14H15N5O2/c1-18-8-7-10(17-18)14-16-15-9-19(14)13-11(20-2)5-4-6-12(13)21-3/h4-9H,1-3H3. The molecule has 0 aliphatic rings. The highest BCUT2D eigenvalue weighted by Gasteiger charge is 2.18. The molecule has 3 aromatic rings. The van der Waals surface area contributed by atoms with Crippen LogP contribution in [-0.4, -0.2) is 38.8 Å². The first kappa shape index (κ1) is 13.2. The lowest BCUT2D eigenvalue weighted by Crippen LogP contribution is -2.03. The van der Waals surface area contributed by atoms with Gasteiger partial charge in [-0.2, -0.15) is 5.10 Å². The highest BCUT2D eigenvalue weighted by Crippen LogP contribution is 2.34. The molecule has 7 nitrogen and oxygen atoms in total. The maximum absolute atomic E-state index is 5.43. The summed E-state index contributed by atoms with van der Waals surface area (Å²) in [6.45, 7) is 0. The van der Waals surface area contributed by atoms with Crippen LogP contribution in [0, 0.1) is 0 Å². The van der Waals surface area contributed by atoms with Gasteiger partial charge >= 0.3 is 0 Å². The van der Waals surface area contributed by atoms with E-state index in [1.807, 2.05) is 37.5 Å². The minimum atomic E-state index is 0.624. The van der Waals surface area contributed by atoms with E-state index in [2.05, 4.69) is 15.3 Å². The van der Waals surface area contributed by atoms with E-state index in [-0.39, 0.29) is 0 Å². The molecule has 0 saturated heterocycles. The first-order valence-electron chi connectivity index (χ1n) is 6.36. The lowest BCUT2D eigenvalue weighted by molar-refractivity contribution is 0.391. The molecule has 0 radical (unpaired) electrons. The van der Waals surface area contributed by atoms with Gasteiger partial charge in [0.05, 0.1) is 14.2 Å². The molecule has 0 aliphatic heterocycles. The molecule has 0 unspecified atom stereocenters. The largest absolute Gasteiger partial charge is 0.494 e. The summed E-state index contributed by atoms with van der Waals surface area (Å²) in [6, 6.07) is 7.47. The van der Waals surface area contributed by atoms with Crippen LogP contribution in [0.4, 0.5) is 0 Å². The van der Waals surface area contributed by atoms with E-state index >= 15 is 0 Å². The van der Waals surface area contributed by atoms with E-state index in [0.717, 1.165) is 11.4 Å². The van der Waals surface area contributed by atoms with Gasteiger partial charge in [-0.25, -0.2) is 0 Å². The molecule has 3 rings (SSSR count). The van der Waals surface area contributed by atoms with Crippen molar-refractivity contribution in [3.8, 4) is 28.7 Å².